The Morgan fingerprint density at radius 3 is 2.42 bits per heavy atom. The summed E-state index contributed by atoms with van der Waals surface area (Å²) in [5.41, 5.74) is 4.20. The van der Waals surface area contributed by atoms with Crippen molar-refractivity contribution in [2.45, 2.75) is 52.1 Å². The van der Waals surface area contributed by atoms with Crippen LogP contribution in [0.15, 0.2) is 83.5 Å². The molecular formula is C37H36FIrN3OSi2-2. The Bertz CT molecular complexity index is 2200. The maximum absolute atomic E-state index is 12.8. The number of furan rings is 1. The van der Waals surface area contributed by atoms with Crippen molar-refractivity contribution in [1.29, 1.82) is 5.26 Å². The molecule has 0 amide bonds. The van der Waals surface area contributed by atoms with Crippen LogP contribution in [-0.4, -0.2) is 26.1 Å². The van der Waals surface area contributed by atoms with E-state index in [1.54, 1.807) is 24.3 Å². The first-order valence-corrected chi connectivity index (χ1v) is 21.2. The van der Waals surface area contributed by atoms with E-state index < -0.39 is 29.0 Å². The SMILES string of the molecule is C[Si](C)(C)c1ccnc(-c2[c-]cc(F)cc2)c1.[2H]C([2H])([2H])c1cnc(-c2[c-]ccc3c2oc2cc(C#N)ccc23)cc1C([2H])([2H])[Si](C)(C)C.[Ir]. The third-order valence-corrected chi connectivity index (χ3v) is 9.97. The number of rotatable bonds is 5. The summed E-state index contributed by atoms with van der Waals surface area (Å²) < 4.78 is 60.2. The number of nitriles is 1. The monoisotopic (exact) mass is 811 g/mol. The molecular weight excluding hydrogens is 770 g/mol. The molecule has 6 aromatic rings. The van der Waals surface area contributed by atoms with E-state index in [0.29, 0.717) is 28.0 Å². The quantitative estimate of drug-likeness (QED) is 0.129. The summed E-state index contributed by atoms with van der Waals surface area (Å²) in [6.45, 7) is 10.00. The summed E-state index contributed by atoms with van der Waals surface area (Å²) in [5.74, 6) is -2.06. The summed E-state index contributed by atoms with van der Waals surface area (Å²) in [6.07, 6.45) is 3.07. The average molecular weight is 811 g/mol. The molecule has 0 N–H and O–H groups in total. The molecule has 0 aliphatic rings. The minimum Gasteiger partial charge on any atom is -0.501 e. The number of pyridine rings is 2. The van der Waals surface area contributed by atoms with Gasteiger partial charge in [0.05, 0.1) is 25.3 Å². The predicted octanol–water partition coefficient (Wildman–Crippen LogP) is 9.28. The fraction of sp³-hybridized carbons (Fsp3) is 0.216. The summed E-state index contributed by atoms with van der Waals surface area (Å²) in [5, 5.41) is 12.2. The molecule has 0 bridgehead atoms. The summed E-state index contributed by atoms with van der Waals surface area (Å²) in [7, 11) is -3.80. The van der Waals surface area contributed by atoms with Crippen molar-refractivity contribution in [2.75, 3.05) is 0 Å². The molecule has 0 unspecified atom stereocenters. The smallest absolute Gasteiger partial charge is 0.122 e. The fourth-order valence-electron chi connectivity index (χ4n) is 4.71. The molecule has 0 spiro atoms. The second kappa shape index (κ2) is 13.7. The van der Waals surface area contributed by atoms with Gasteiger partial charge >= 0.3 is 0 Å². The van der Waals surface area contributed by atoms with E-state index in [2.05, 4.69) is 59.9 Å². The summed E-state index contributed by atoms with van der Waals surface area (Å²) in [6, 6.07) is 27.1. The number of aromatic nitrogens is 2. The first-order chi connectivity index (χ1) is 22.8. The van der Waals surface area contributed by atoms with Gasteiger partial charge in [-0.1, -0.05) is 79.2 Å². The first-order valence-electron chi connectivity index (χ1n) is 16.7. The molecule has 8 heteroatoms. The molecule has 1 radical (unpaired) electrons. The third-order valence-electron chi connectivity index (χ3n) is 6.91. The van der Waals surface area contributed by atoms with Crippen LogP contribution in [0.2, 0.25) is 39.3 Å². The van der Waals surface area contributed by atoms with Gasteiger partial charge in [-0.15, -0.1) is 48.0 Å². The van der Waals surface area contributed by atoms with Crippen molar-refractivity contribution in [3.8, 4) is 28.6 Å². The van der Waals surface area contributed by atoms with Gasteiger partial charge in [0.25, 0.3) is 0 Å². The van der Waals surface area contributed by atoms with Crippen LogP contribution in [0.3, 0.4) is 0 Å². The Morgan fingerprint density at radius 1 is 0.956 bits per heavy atom. The molecule has 0 aliphatic heterocycles. The fourth-order valence-corrected chi connectivity index (χ4v) is 6.87. The Hall–Kier alpha value is -3.74. The van der Waals surface area contributed by atoms with E-state index in [0.717, 1.165) is 22.0 Å². The van der Waals surface area contributed by atoms with E-state index in [4.69, 9.17) is 11.3 Å². The minimum absolute atomic E-state index is 0. The number of fused-ring (bicyclic) bond motifs is 3. The molecule has 4 nitrogen and oxygen atoms in total. The van der Waals surface area contributed by atoms with Gasteiger partial charge in [0.2, 0.25) is 0 Å². The Labute approximate surface area is 287 Å². The van der Waals surface area contributed by atoms with Gasteiger partial charge in [0.1, 0.15) is 5.58 Å². The molecule has 3 heterocycles. The van der Waals surface area contributed by atoms with Crippen LogP contribution in [0, 0.1) is 36.1 Å². The van der Waals surface area contributed by atoms with Gasteiger partial charge in [-0.25, -0.2) is 0 Å². The van der Waals surface area contributed by atoms with Gasteiger partial charge in [0.15, 0.2) is 0 Å². The van der Waals surface area contributed by atoms with Crippen molar-refractivity contribution in [1.82, 2.24) is 9.97 Å². The molecule has 0 fully saturated rings. The average Bonchev–Trinajstić information content (AvgIpc) is 3.42. The second-order valence-corrected chi connectivity index (χ2v) is 22.4. The van der Waals surface area contributed by atoms with Crippen molar-refractivity contribution >= 4 is 43.3 Å². The Kier molecular flexibility index (Phi) is 8.40. The number of nitrogens with zero attached hydrogens (tertiary/aromatic N) is 3. The van der Waals surface area contributed by atoms with E-state index in [1.807, 2.05) is 38.0 Å². The molecule has 6 rings (SSSR count). The zero-order chi connectivity index (χ0) is 35.9. The van der Waals surface area contributed by atoms with Gasteiger partial charge in [-0.05, 0) is 48.0 Å². The van der Waals surface area contributed by atoms with E-state index in [1.165, 1.54) is 29.6 Å². The molecule has 231 valence electrons. The number of hydrogen-bond donors (Lipinski definition) is 0. The van der Waals surface area contributed by atoms with Crippen LogP contribution in [0.1, 0.15) is 23.5 Å². The van der Waals surface area contributed by atoms with Crippen LogP contribution < -0.4 is 5.19 Å². The number of hydrogen-bond acceptors (Lipinski definition) is 4. The Balaban J connectivity index is 0.000000264. The van der Waals surface area contributed by atoms with Crippen molar-refractivity contribution < 1.29 is 35.8 Å². The molecule has 0 atom stereocenters. The van der Waals surface area contributed by atoms with Crippen LogP contribution in [0.4, 0.5) is 4.39 Å². The number of benzene rings is 3. The van der Waals surface area contributed by atoms with Gasteiger partial charge in [-0.3, -0.25) is 4.39 Å². The van der Waals surface area contributed by atoms with Crippen LogP contribution in [0.25, 0.3) is 44.5 Å². The molecule has 0 aliphatic carbocycles. The molecule has 3 aromatic heterocycles. The second-order valence-electron chi connectivity index (χ2n) is 12.6. The van der Waals surface area contributed by atoms with E-state index in [9.17, 15) is 9.65 Å². The zero-order valence-corrected chi connectivity index (χ0v) is 30.4. The molecule has 0 saturated carbocycles. The molecule has 3 aromatic carbocycles. The van der Waals surface area contributed by atoms with E-state index in [-0.39, 0.29) is 37.0 Å². The summed E-state index contributed by atoms with van der Waals surface area (Å²) >= 11 is 0. The maximum atomic E-state index is 12.8. The topological polar surface area (TPSA) is 62.7 Å². The van der Waals surface area contributed by atoms with Crippen LogP contribution in [-0.2, 0) is 26.1 Å². The maximum Gasteiger partial charge on any atom is 0.122 e. The van der Waals surface area contributed by atoms with Crippen LogP contribution >= 0.6 is 0 Å². The largest absolute Gasteiger partial charge is 0.501 e. The summed E-state index contributed by atoms with van der Waals surface area (Å²) in [4.78, 5) is 8.69. The standard InChI is InChI=1S/C23H21N2OSi.C14H15FNSi.Ir/c1-15-13-25-21(11-17(15)14-27(2,3)4)20-7-5-6-19-18-9-8-16(12-24)10-22(18)26-23(19)20;1-17(2,3)13-8-9-16-14(10-13)11-4-6-12(15)7-5-11;/h5-6,8-11,13H,14H2,1-4H3;4,6-10H,1-3H3;/q2*-1;/i1D3,14D2;;. The Morgan fingerprint density at radius 2 is 1.76 bits per heavy atom. The van der Waals surface area contributed by atoms with Crippen LogP contribution in [0.5, 0.6) is 0 Å². The first kappa shape index (κ1) is 27.6. The predicted molar refractivity (Wildman–Crippen MR) is 184 cm³/mol. The number of aryl methyl sites for hydroxylation is 1. The van der Waals surface area contributed by atoms with Gasteiger partial charge in [0, 0.05) is 58.6 Å². The third kappa shape index (κ3) is 8.11. The normalized spacial score (nSPS) is 13.7. The molecule has 0 saturated heterocycles. The number of halogens is 1. The zero-order valence-electron chi connectivity index (χ0n) is 31.0. The minimum atomic E-state index is -2.49. The van der Waals surface area contributed by atoms with Crippen molar-refractivity contribution in [3.05, 3.63) is 114 Å². The van der Waals surface area contributed by atoms with Gasteiger partial charge in [-0.2, -0.15) is 5.26 Å². The van der Waals surface area contributed by atoms with E-state index >= 15 is 0 Å². The van der Waals surface area contributed by atoms with Gasteiger partial charge < -0.3 is 14.4 Å². The van der Waals surface area contributed by atoms with Crippen molar-refractivity contribution in [3.63, 3.8) is 0 Å². The molecule has 45 heavy (non-hydrogen) atoms. The van der Waals surface area contributed by atoms with Crippen molar-refractivity contribution in [2.24, 2.45) is 0 Å².